The van der Waals surface area contributed by atoms with Gasteiger partial charge in [-0.15, -0.1) is 10.2 Å². The summed E-state index contributed by atoms with van der Waals surface area (Å²) < 4.78 is 0. The predicted molar refractivity (Wildman–Crippen MR) is 73.1 cm³/mol. The summed E-state index contributed by atoms with van der Waals surface area (Å²) in [5.41, 5.74) is -0.264. The maximum absolute atomic E-state index is 12.0. The minimum atomic E-state index is -0.629. The van der Waals surface area contributed by atoms with Gasteiger partial charge in [0.1, 0.15) is 0 Å². The summed E-state index contributed by atoms with van der Waals surface area (Å²) in [5.74, 6) is -0.475. The molecule has 0 bridgehead atoms. The standard InChI is InChI=1S/C11H6Cl2N4O3/c12-8-2-1-6(17(19)20)5-7(8)11(18)14-10-4-3-9(13)15-16-10/h1-5H,(H,14,16,18). The second-order valence-corrected chi connectivity index (χ2v) is 4.41. The zero-order chi connectivity index (χ0) is 14.7. The van der Waals surface area contributed by atoms with Crippen molar-refractivity contribution in [1.82, 2.24) is 10.2 Å². The predicted octanol–water partition coefficient (Wildman–Crippen LogP) is 2.94. The highest BCUT2D eigenvalue weighted by atomic mass is 35.5. The zero-order valence-corrected chi connectivity index (χ0v) is 11.2. The van der Waals surface area contributed by atoms with Crippen LogP contribution < -0.4 is 5.32 Å². The molecule has 7 nitrogen and oxygen atoms in total. The monoisotopic (exact) mass is 312 g/mol. The Morgan fingerprint density at radius 1 is 1.20 bits per heavy atom. The lowest BCUT2D eigenvalue weighted by Gasteiger charge is -2.05. The number of nitrogens with one attached hydrogen (secondary N) is 1. The maximum atomic E-state index is 12.0. The summed E-state index contributed by atoms with van der Waals surface area (Å²) in [6.07, 6.45) is 0. The minimum Gasteiger partial charge on any atom is -0.305 e. The van der Waals surface area contributed by atoms with Crippen LogP contribution in [0, 0.1) is 10.1 Å². The largest absolute Gasteiger partial charge is 0.305 e. The van der Waals surface area contributed by atoms with Crippen molar-refractivity contribution in [3.8, 4) is 0 Å². The highest BCUT2D eigenvalue weighted by molar-refractivity contribution is 6.34. The summed E-state index contributed by atoms with van der Waals surface area (Å²) in [5, 5.41) is 20.6. The van der Waals surface area contributed by atoms with Gasteiger partial charge in [-0.1, -0.05) is 23.2 Å². The Morgan fingerprint density at radius 3 is 2.55 bits per heavy atom. The van der Waals surface area contributed by atoms with E-state index in [9.17, 15) is 14.9 Å². The SMILES string of the molecule is O=C(Nc1ccc(Cl)nn1)c1cc([N+](=O)[O-])ccc1Cl. The Balaban J connectivity index is 2.26. The number of nitro benzene ring substituents is 1. The molecule has 1 amide bonds. The Hall–Kier alpha value is -2.25. The van der Waals surface area contributed by atoms with E-state index < -0.39 is 10.8 Å². The number of aromatic nitrogens is 2. The number of halogens is 2. The lowest BCUT2D eigenvalue weighted by molar-refractivity contribution is -0.384. The van der Waals surface area contributed by atoms with Gasteiger partial charge >= 0.3 is 0 Å². The van der Waals surface area contributed by atoms with Gasteiger partial charge < -0.3 is 5.32 Å². The fourth-order valence-electron chi connectivity index (χ4n) is 1.37. The molecule has 0 radical (unpaired) electrons. The van der Waals surface area contributed by atoms with Crippen molar-refractivity contribution in [1.29, 1.82) is 0 Å². The zero-order valence-electron chi connectivity index (χ0n) is 9.71. The van der Waals surface area contributed by atoms with Gasteiger partial charge in [0.15, 0.2) is 11.0 Å². The first kappa shape index (κ1) is 14.2. The van der Waals surface area contributed by atoms with E-state index in [4.69, 9.17) is 23.2 Å². The lowest BCUT2D eigenvalue weighted by atomic mass is 10.2. The number of hydrogen-bond donors (Lipinski definition) is 1. The van der Waals surface area contributed by atoms with Crippen molar-refractivity contribution in [3.63, 3.8) is 0 Å². The van der Waals surface area contributed by atoms with Crippen LogP contribution in [0.25, 0.3) is 0 Å². The highest BCUT2D eigenvalue weighted by Crippen LogP contribution is 2.22. The van der Waals surface area contributed by atoms with E-state index in [0.29, 0.717) is 0 Å². The molecule has 0 saturated carbocycles. The molecule has 0 aliphatic heterocycles. The van der Waals surface area contributed by atoms with E-state index in [1.165, 1.54) is 24.3 Å². The fourth-order valence-corrected chi connectivity index (χ4v) is 1.67. The Morgan fingerprint density at radius 2 is 1.95 bits per heavy atom. The number of carbonyl (C=O) groups excluding carboxylic acids is 1. The first-order chi connectivity index (χ1) is 9.47. The van der Waals surface area contributed by atoms with Crippen LogP contribution in [-0.2, 0) is 0 Å². The molecule has 1 aromatic heterocycles. The minimum absolute atomic E-state index is 0.0300. The number of nitrogens with zero attached hydrogens (tertiary/aromatic N) is 3. The van der Waals surface area contributed by atoms with Crippen LogP contribution in [0.3, 0.4) is 0 Å². The average Bonchev–Trinajstić information content (AvgIpc) is 2.41. The first-order valence-corrected chi connectivity index (χ1v) is 5.97. The number of benzene rings is 1. The van der Waals surface area contributed by atoms with Crippen LogP contribution >= 0.6 is 23.2 Å². The third-order valence-electron chi connectivity index (χ3n) is 2.28. The van der Waals surface area contributed by atoms with Crippen molar-refractivity contribution in [2.75, 3.05) is 5.32 Å². The topological polar surface area (TPSA) is 98.0 Å². The average molecular weight is 313 g/mol. The molecule has 2 rings (SSSR count). The fraction of sp³-hybridized carbons (Fsp3) is 0. The van der Waals surface area contributed by atoms with E-state index in [2.05, 4.69) is 15.5 Å². The molecule has 1 heterocycles. The first-order valence-electron chi connectivity index (χ1n) is 5.22. The van der Waals surface area contributed by atoms with Gasteiger partial charge in [-0.25, -0.2) is 0 Å². The third-order valence-corrected chi connectivity index (χ3v) is 2.81. The molecule has 0 fully saturated rings. The van der Waals surface area contributed by atoms with Gasteiger partial charge in [0, 0.05) is 12.1 Å². The molecule has 1 N–H and O–H groups in total. The van der Waals surface area contributed by atoms with Crippen LogP contribution in [0.1, 0.15) is 10.4 Å². The molecule has 20 heavy (non-hydrogen) atoms. The van der Waals surface area contributed by atoms with E-state index in [-0.39, 0.29) is 27.2 Å². The highest BCUT2D eigenvalue weighted by Gasteiger charge is 2.16. The number of anilines is 1. The van der Waals surface area contributed by atoms with Crippen LogP contribution in [0.15, 0.2) is 30.3 Å². The van der Waals surface area contributed by atoms with Crippen LogP contribution in [0.4, 0.5) is 11.5 Å². The number of carbonyl (C=O) groups is 1. The molecule has 102 valence electrons. The van der Waals surface area contributed by atoms with Gasteiger partial charge in [-0.3, -0.25) is 14.9 Å². The van der Waals surface area contributed by atoms with Gasteiger partial charge in [-0.2, -0.15) is 0 Å². The molecule has 0 saturated heterocycles. The van der Waals surface area contributed by atoms with Crippen molar-refractivity contribution >= 4 is 40.6 Å². The molecule has 9 heteroatoms. The van der Waals surface area contributed by atoms with E-state index in [1.807, 2.05) is 0 Å². The third kappa shape index (κ3) is 3.19. The van der Waals surface area contributed by atoms with Crippen molar-refractivity contribution < 1.29 is 9.72 Å². The summed E-state index contributed by atoms with van der Waals surface area (Å²) >= 11 is 11.4. The van der Waals surface area contributed by atoms with Gasteiger partial charge in [0.25, 0.3) is 11.6 Å². The van der Waals surface area contributed by atoms with Crippen LogP contribution in [0.2, 0.25) is 10.2 Å². The number of nitro groups is 1. The van der Waals surface area contributed by atoms with Crippen molar-refractivity contribution in [3.05, 3.63) is 56.2 Å². The van der Waals surface area contributed by atoms with Gasteiger partial charge in [0.05, 0.1) is 15.5 Å². The Kier molecular flexibility index (Phi) is 4.11. The van der Waals surface area contributed by atoms with E-state index in [1.54, 1.807) is 0 Å². The quantitative estimate of drug-likeness (QED) is 0.694. The lowest BCUT2D eigenvalue weighted by Crippen LogP contribution is -2.14. The Labute approximate surface area is 122 Å². The molecule has 0 aliphatic carbocycles. The number of rotatable bonds is 3. The summed E-state index contributed by atoms with van der Waals surface area (Å²) in [7, 11) is 0. The summed E-state index contributed by atoms with van der Waals surface area (Å²) in [6.45, 7) is 0. The number of hydrogen-bond acceptors (Lipinski definition) is 5. The van der Waals surface area contributed by atoms with E-state index >= 15 is 0 Å². The molecule has 0 spiro atoms. The van der Waals surface area contributed by atoms with Crippen molar-refractivity contribution in [2.24, 2.45) is 0 Å². The second kappa shape index (κ2) is 5.81. The molecule has 2 aromatic rings. The van der Waals surface area contributed by atoms with Crippen LogP contribution in [-0.4, -0.2) is 21.0 Å². The van der Waals surface area contributed by atoms with Gasteiger partial charge in [-0.05, 0) is 18.2 Å². The Bertz CT molecular complexity index is 676. The summed E-state index contributed by atoms with van der Waals surface area (Å²) in [4.78, 5) is 22.0. The number of amides is 1. The molecule has 1 aromatic carbocycles. The second-order valence-electron chi connectivity index (χ2n) is 3.62. The molecule has 0 aliphatic rings. The maximum Gasteiger partial charge on any atom is 0.270 e. The smallest absolute Gasteiger partial charge is 0.270 e. The molecule has 0 unspecified atom stereocenters. The molecular weight excluding hydrogens is 307 g/mol. The molecule has 0 atom stereocenters. The number of non-ortho nitro benzene ring substituents is 1. The van der Waals surface area contributed by atoms with Gasteiger partial charge in [0.2, 0.25) is 0 Å². The normalized spacial score (nSPS) is 10.1. The summed E-state index contributed by atoms with van der Waals surface area (Å²) in [6, 6.07) is 6.46. The van der Waals surface area contributed by atoms with E-state index in [0.717, 1.165) is 6.07 Å². The molecular formula is C11H6Cl2N4O3. The van der Waals surface area contributed by atoms with Crippen molar-refractivity contribution in [2.45, 2.75) is 0 Å². The van der Waals surface area contributed by atoms with Crippen LogP contribution in [0.5, 0.6) is 0 Å².